The van der Waals surface area contributed by atoms with E-state index in [2.05, 4.69) is 11.4 Å². The lowest BCUT2D eigenvalue weighted by molar-refractivity contribution is -0.114. The summed E-state index contributed by atoms with van der Waals surface area (Å²) < 4.78 is 12.7. The molecule has 0 atom stereocenters. The highest BCUT2D eigenvalue weighted by molar-refractivity contribution is 5.88. The van der Waals surface area contributed by atoms with Crippen LogP contribution in [-0.4, -0.2) is 5.91 Å². The van der Waals surface area contributed by atoms with E-state index in [1.165, 1.54) is 25.1 Å². The van der Waals surface area contributed by atoms with Crippen LogP contribution in [0, 0.1) is 11.9 Å². The molecule has 0 unspecified atom stereocenters. The second kappa shape index (κ2) is 3.14. The Bertz CT molecular complexity index is 273. The SMILES string of the molecule is CC(=O)Nc1c[c]ccc1F. The van der Waals surface area contributed by atoms with E-state index in [0.29, 0.717) is 0 Å². The zero-order valence-corrected chi connectivity index (χ0v) is 6.02. The Balaban J connectivity index is 2.86. The fraction of sp³-hybridized carbons (Fsp3) is 0.125. The first-order valence-electron chi connectivity index (χ1n) is 3.13. The minimum atomic E-state index is -0.445. The zero-order chi connectivity index (χ0) is 8.27. The molecule has 1 radical (unpaired) electrons. The maximum Gasteiger partial charge on any atom is 0.221 e. The zero-order valence-electron chi connectivity index (χ0n) is 6.02. The van der Waals surface area contributed by atoms with Crippen molar-refractivity contribution in [2.45, 2.75) is 6.92 Å². The van der Waals surface area contributed by atoms with E-state index in [-0.39, 0.29) is 11.6 Å². The van der Waals surface area contributed by atoms with Gasteiger partial charge in [0.25, 0.3) is 0 Å². The van der Waals surface area contributed by atoms with Crippen molar-refractivity contribution in [2.24, 2.45) is 0 Å². The summed E-state index contributed by atoms with van der Waals surface area (Å²) >= 11 is 0. The molecule has 1 N–H and O–H groups in total. The van der Waals surface area contributed by atoms with Crippen LogP contribution in [0.25, 0.3) is 0 Å². The maximum absolute atomic E-state index is 12.7. The van der Waals surface area contributed by atoms with Gasteiger partial charge in [-0.15, -0.1) is 0 Å². The summed E-state index contributed by atoms with van der Waals surface area (Å²) in [7, 11) is 0. The van der Waals surface area contributed by atoms with E-state index in [0.717, 1.165) is 0 Å². The predicted octanol–water partition coefficient (Wildman–Crippen LogP) is 1.58. The number of halogens is 1. The molecule has 1 amide bonds. The van der Waals surface area contributed by atoms with Crippen LogP contribution in [-0.2, 0) is 4.79 Å². The molecule has 0 aromatic heterocycles. The van der Waals surface area contributed by atoms with Crippen LogP contribution in [0.3, 0.4) is 0 Å². The molecular formula is C8H7FNO. The second-order valence-corrected chi connectivity index (χ2v) is 2.09. The van der Waals surface area contributed by atoms with Gasteiger partial charge in [-0.2, -0.15) is 0 Å². The summed E-state index contributed by atoms with van der Waals surface area (Å²) in [5.41, 5.74) is 0.167. The van der Waals surface area contributed by atoms with E-state index in [4.69, 9.17) is 0 Å². The lowest BCUT2D eigenvalue weighted by atomic mass is 10.3. The lowest BCUT2D eigenvalue weighted by Gasteiger charge is -2.00. The predicted molar refractivity (Wildman–Crippen MR) is 39.5 cm³/mol. The Morgan fingerprint density at radius 3 is 3.00 bits per heavy atom. The van der Waals surface area contributed by atoms with Gasteiger partial charge in [-0.25, -0.2) is 4.39 Å². The Morgan fingerprint density at radius 2 is 2.45 bits per heavy atom. The summed E-state index contributed by atoms with van der Waals surface area (Å²) in [6.45, 7) is 1.33. The molecule has 0 aliphatic heterocycles. The van der Waals surface area contributed by atoms with Crippen molar-refractivity contribution < 1.29 is 9.18 Å². The maximum atomic E-state index is 12.7. The molecular weight excluding hydrogens is 145 g/mol. The average Bonchev–Trinajstić information content (AvgIpc) is 1.93. The number of carbonyl (C=O) groups is 1. The molecule has 0 aliphatic carbocycles. The number of amides is 1. The summed E-state index contributed by atoms with van der Waals surface area (Å²) in [6, 6.07) is 6.72. The van der Waals surface area contributed by atoms with Crippen molar-refractivity contribution in [3.8, 4) is 0 Å². The Labute approximate surface area is 64.0 Å². The third kappa shape index (κ3) is 2.04. The fourth-order valence-electron chi connectivity index (χ4n) is 0.697. The van der Waals surface area contributed by atoms with Crippen molar-refractivity contribution >= 4 is 11.6 Å². The van der Waals surface area contributed by atoms with E-state index in [1.54, 1.807) is 0 Å². The molecule has 1 aromatic rings. The van der Waals surface area contributed by atoms with Gasteiger partial charge in [0.1, 0.15) is 5.82 Å². The quantitative estimate of drug-likeness (QED) is 0.650. The minimum Gasteiger partial charge on any atom is -0.324 e. The van der Waals surface area contributed by atoms with Gasteiger partial charge in [-0.05, 0) is 18.2 Å². The number of hydrogen-bond acceptors (Lipinski definition) is 1. The van der Waals surface area contributed by atoms with Crippen molar-refractivity contribution in [2.75, 3.05) is 5.32 Å². The van der Waals surface area contributed by atoms with Gasteiger partial charge >= 0.3 is 0 Å². The third-order valence-electron chi connectivity index (χ3n) is 1.12. The molecule has 0 heterocycles. The first kappa shape index (κ1) is 7.72. The van der Waals surface area contributed by atoms with E-state index in [9.17, 15) is 9.18 Å². The molecule has 0 spiro atoms. The monoisotopic (exact) mass is 152 g/mol. The highest BCUT2D eigenvalue weighted by Crippen LogP contribution is 2.10. The van der Waals surface area contributed by atoms with Gasteiger partial charge in [0, 0.05) is 6.92 Å². The summed E-state index contributed by atoms with van der Waals surface area (Å²) in [6.07, 6.45) is 0. The molecule has 2 nitrogen and oxygen atoms in total. The molecule has 0 fully saturated rings. The van der Waals surface area contributed by atoms with Gasteiger partial charge in [0.15, 0.2) is 0 Å². The topological polar surface area (TPSA) is 29.1 Å². The first-order chi connectivity index (χ1) is 5.20. The molecule has 1 rings (SSSR count). The number of anilines is 1. The number of carbonyl (C=O) groups excluding carboxylic acids is 1. The fourth-order valence-corrected chi connectivity index (χ4v) is 0.697. The van der Waals surface area contributed by atoms with Crippen LogP contribution < -0.4 is 5.32 Å². The highest BCUT2D eigenvalue weighted by Gasteiger charge is 2.00. The van der Waals surface area contributed by atoms with Crippen LogP contribution in [0.15, 0.2) is 18.2 Å². The average molecular weight is 152 g/mol. The summed E-state index contributed by atoms with van der Waals surface area (Å²) in [5.74, 6) is -0.734. The van der Waals surface area contributed by atoms with Crippen molar-refractivity contribution in [1.82, 2.24) is 0 Å². The van der Waals surface area contributed by atoms with Gasteiger partial charge < -0.3 is 5.32 Å². The van der Waals surface area contributed by atoms with E-state index < -0.39 is 5.82 Å². The summed E-state index contributed by atoms with van der Waals surface area (Å²) in [5, 5.41) is 2.33. The molecule has 57 valence electrons. The molecule has 0 saturated carbocycles. The molecule has 3 heteroatoms. The molecule has 0 saturated heterocycles. The van der Waals surface area contributed by atoms with Gasteiger partial charge in [0.2, 0.25) is 5.91 Å². The van der Waals surface area contributed by atoms with Crippen LogP contribution in [0.4, 0.5) is 10.1 Å². The number of hydrogen-bond donors (Lipinski definition) is 1. The standard InChI is InChI=1S/C8H7FNO/c1-6(11)10-8-5-3-2-4-7(8)9/h2,4-5H,1H3,(H,10,11). The van der Waals surface area contributed by atoms with Gasteiger partial charge in [0.05, 0.1) is 5.69 Å². The Morgan fingerprint density at radius 1 is 1.73 bits per heavy atom. The lowest BCUT2D eigenvalue weighted by Crippen LogP contribution is -2.06. The molecule has 1 aromatic carbocycles. The number of benzene rings is 1. The largest absolute Gasteiger partial charge is 0.324 e. The third-order valence-corrected chi connectivity index (χ3v) is 1.12. The van der Waals surface area contributed by atoms with E-state index in [1.807, 2.05) is 0 Å². The molecule has 11 heavy (non-hydrogen) atoms. The van der Waals surface area contributed by atoms with Crippen molar-refractivity contribution in [3.05, 3.63) is 30.1 Å². The Hall–Kier alpha value is -1.38. The van der Waals surface area contributed by atoms with Crippen LogP contribution in [0.5, 0.6) is 0 Å². The molecule has 0 bridgehead atoms. The van der Waals surface area contributed by atoms with Crippen LogP contribution in [0.1, 0.15) is 6.92 Å². The van der Waals surface area contributed by atoms with Crippen molar-refractivity contribution in [3.63, 3.8) is 0 Å². The highest BCUT2D eigenvalue weighted by atomic mass is 19.1. The van der Waals surface area contributed by atoms with Crippen molar-refractivity contribution in [1.29, 1.82) is 0 Å². The minimum absolute atomic E-state index is 0.167. The first-order valence-corrected chi connectivity index (χ1v) is 3.13. The number of nitrogens with one attached hydrogen (secondary N) is 1. The smallest absolute Gasteiger partial charge is 0.221 e. The van der Waals surface area contributed by atoms with Crippen LogP contribution >= 0.6 is 0 Å². The second-order valence-electron chi connectivity index (χ2n) is 2.09. The number of rotatable bonds is 1. The Kier molecular flexibility index (Phi) is 2.21. The summed E-state index contributed by atoms with van der Waals surface area (Å²) in [4.78, 5) is 10.5. The van der Waals surface area contributed by atoms with E-state index >= 15 is 0 Å². The van der Waals surface area contributed by atoms with Gasteiger partial charge in [-0.3, -0.25) is 4.79 Å². The van der Waals surface area contributed by atoms with Crippen LogP contribution in [0.2, 0.25) is 0 Å². The molecule has 0 aliphatic rings. The van der Waals surface area contributed by atoms with Gasteiger partial charge in [-0.1, -0.05) is 6.07 Å². The normalized spacial score (nSPS) is 9.27.